The summed E-state index contributed by atoms with van der Waals surface area (Å²) in [5.74, 6) is 0.884. The highest BCUT2D eigenvalue weighted by molar-refractivity contribution is 9.10. The molecule has 1 fully saturated rings. The molecule has 2 aromatic rings. The Labute approximate surface area is 134 Å². The van der Waals surface area contributed by atoms with E-state index in [1.165, 1.54) is 24.0 Å². The van der Waals surface area contributed by atoms with Gasteiger partial charge in [-0.25, -0.2) is 0 Å². The molecule has 0 aromatic heterocycles. The number of rotatable bonds is 7. The standard InChI is InChI=1S/C18H20BrNO/c19-17-3-1-2-4-18(17)21-13-15-7-5-14(6-8-15)11-12-20-16-9-10-16/h1-8,16,20H,9-13H2. The topological polar surface area (TPSA) is 21.3 Å². The Bertz CT molecular complexity index is 578. The summed E-state index contributed by atoms with van der Waals surface area (Å²) >= 11 is 3.49. The molecule has 1 aliphatic rings. The molecule has 3 heteroatoms. The Morgan fingerprint density at radius 3 is 2.43 bits per heavy atom. The fourth-order valence-corrected chi connectivity index (χ4v) is 2.63. The van der Waals surface area contributed by atoms with Gasteiger partial charge in [0.1, 0.15) is 12.4 Å². The first-order valence-electron chi connectivity index (χ1n) is 7.50. The van der Waals surface area contributed by atoms with E-state index in [1.807, 2.05) is 24.3 Å². The molecule has 1 aliphatic carbocycles. The van der Waals surface area contributed by atoms with Gasteiger partial charge >= 0.3 is 0 Å². The lowest BCUT2D eigenvalue weighted by Gasteiger charge is -2.09. The molecule has 0 spiro atoms. The van der Waals surface area contributed by atoms with Crippen molar-refractivity contribution in [3.05, 3.63) is 64.1 Å². The van der Waals surface area contributed by atoms with Gasteiger partial charge in [-0.15, -0.1) is 0 Å². The van der Waals surface area contributed by atoms with Crippen LogP contribution in [0.5, 0.6) is 5.75 Å². The first kappa shape index (κ1) is 14.6. The highest BCUT2D eigenvalue weighted by Crippen LogP contribution is 2.24. The average molecular weight is 346 g/mol. The van der Waals surface area contributed by atoms with E-state index in [0.717, 1.165) is 29.2 Å². The van der Waals surface area contributed by atoms with Crippen molar-refractivity contribution in [2.24, 2.45) is 0 Å². The largest absolute Gasteiger partial charge is 0.488 e. The predicted molar refractivity (Wildman–Crippen MR) is 89.6 cm³/mol. The van der Waals surface area contributed by atoms with Crippen molar-refractivity contribution < 1.29 is 4.74 Å². The third-order valence-electron chi connectivity index (χ3n) is 3.68. The molecule has 0 amide bonds. The molecule has 2 nitrogen and oxygen atoms in total. The minimum atomic E-state index is 0.600. The summed E-state index contributed by atoms with van der Waals surface area (Å²) in [6.45, 7) is 1.68. The van der Waals surface area contributed by atoms with Crippen LogP contribution in [0.1, 0.15) is 24.0 Å². The van der Waals surface area contributed by atoms with Crippen LogP contribution in [0.3, 0.4) is 0 Å². The van der Waals surface area contributed by atoms with Crippen LogP contribution in [-0.4, -0.2) is 12.6 Å². The maximum absolute atomic E-state index is 5.82. The minimum Gasteiger partial charge on any atom is -0.488 e. The third-order valence-corrected chi connectivity index (χ3v) is 4.33. The first-order valence-corrected chi connectivity index (χ1v) is 8.29. The molecule has 0 atom stereocenters. The molecular formula is C18H20BrNO. The van der Waals surface area contributed by atoms with Gasteiger partial charge in [-0.1, -0.05) is 36.4 Å². The fourth-order valence-electron chi connectivity index (χ4n) is 2.23. The van der Waals surface area contributed by atoms with E-state index in [4.69, 9.17) is 4.74 Å². The zero-order valence-electron chi connectivity index (χ0n) is 12.0. The number of nitrogens with one attached hydrogen (secondary N) is 1. The molecule has 0 bridgehead atoms. The van der Waals surface area contributed by atoms with E-state index in [0.29, 0.717) is 6.61 Å². The van der Waals surface area contributed by atoms with Gasteiger partial charge in [-0.3, -0.25) is 0 Å². The van der Waals surface area contributed by atoms with Gasteiger partial charge in [0.05, 0.1) is 4.47 Å². The second-order valence-electron chi connectivity index (χ2n) is 5.51. The fraction of sp³-hybridized carbons (Fsp3) is 0.333. The lowest BCUT2D eigenvalue weighted by molar-refractivity contribution is 0.304. The maximum Gasteiger partial charge on any atom is 0.133 e. The molecule has 0 unspecified atom stereocenters. The van der Waals surface area contributed by atoms with E-state index >= 15 is 0 Å². The van der Waals surface area contributed by atoms with Crippen LogP contribution in [-0.2, 0) is 13.0 Å². The number of ether oxygens (including phenoxy) is 1. The molecule has 0 aliphatic heterocycles. The van der Waals surface area contributed by atoms with Crippen LogP contribution in [0.15, 0.2) is 53.0 Å². The highest BCUT2D eigenvalue weighted by Gasteiger charge is 2.19. The number of halogens is 1. The summed E-state index contributed by atoms with van der Waals surface area (Å²) < 4.78 is 6.82. The molecule has 0 radical (unpaired) electrons. The molecule has 0 saturated heterocycles. The summed E-state index contributed by atoms with van der Waals surface area (Å²) in [4.78, 5) is 0. The van der Waals surface area contributed by atoms with Crippen molar-refractivity contribution in [2.45, 2.75) is 31.9 Å². The normalized spacial score (nSPS) is 14.1. The molecule has 1 saturated carbocycles. The van der Waals surface area contributed by atoms with Crippen molar-refractivity contribution in [1.29, 1.82) is 0 Å². The lowest BCUT2D eigenvalue weighted by atomic mass is 10.1. The van der Waals surface area contributed by atoms with Gasteiger partial charge in [0.25, 0.3) is 0 Å². The molecule has 2 aromatic carbocycles. The van der Waals surface area contributed by atoms with E-state index in [-0.39, 0.29) is 0 Å². The predicted octanol–water partition coefficient (Wildman–Crippen LogP) is 4.32. The zero-order chi connectivity index (χ0) is 14.5. The molecule has 3 rings (SSSR count). The Morgan fingerprint density at radius 2 is 1.71 bits per heavy atom. The zero-order valence-corrected chi connectivity index (χ0v) is 13.6. The third kappa shape index (κ3) is 4.58. The minimum absolute atomic E-state index is 0.600. The number of hydrogen-bond acceptors (Lipinski definition) is 2. The lowest BCUT2D eigenvalue weighted by Crippen LogP contribution is -2.19. The first-order chi connectivity index (χ1) is 10.3. The Morgan fingerprint density at radius 1 is 1.00 bits per heavy atom. The van der Waals surface area contributed by atoms with Crippen molar-refractivity contribution in [3.63, 3.8) is 0 Å². The highest BCUT2D eigenvalue weighted by atomic mass is 79.9. The van der Waals surface area contributed by atoms with E-state index in [2.05, 4.69) is 45.5 Å². The number of para-hydroxylation sites is 1. The van der Waals surface area contributed by atoms with Gasteiger partial charge in [0.15, 0.2) is 0 Å². The van der Waals surface area contributed by atoms with Gasteiger partial charge in [-0.2, -0.15) is 0 Å². The van der Waals surface area contributed by atoms with Gasteiger partial charge < -0.3 is 10.1 Å². The SMILES string of the molecule is Brc1ccccc1OCc1ccc(CCNC2CC2)cc1. The Kier molecular flexibility index (Phi) is 4.94. The van der Waals surface area contributed by atoms with Crippen LogP contribution in [0.4, 0.5) is 0 Å². The van der Waals surface area contributed by atoms with Crippen LogP contribution in [0, 0.1) is 0 Å². The molecule has 21 heavy (non-hydrogen) atoms. The van der Waals surface area contributed by atoms with Gasteiger partial charge in [0.2, 0.25) is 0 Å². The van der Waals surface area contributed by atoms with Gasteiger partial charge in [-0.05, 0) is 65.0 Å². The van der Waals surface area contributed by atoms with Gasteiger partial charge in [0, 0.05) is 6.04 Å². The van der Waals surface area contributed by atoms with E-state index in [9.17, 15) is 0 Å². The summed E-state index contributed by atoms with van der Waals surface area (Å²) in [5.41, 5.74) is 2.58. The molecule has 0 heterocycles. The summed E-state index contributed by atoms with van der Waals surface area (Å²) in [5, 5.41) is 3.54. The van der Waals surface area contributed by atoms with Crippen molar-refractivity contribution >= 4 is 15.9 Å². The summed E-state index contributed by atoms with van der Waals surface area (Å²) in [7, 11) is 0. The van der Waals surface area contributed by atoms with Crippen LogP contribution < -0.4 is 10.1 Å². The average Bonchev–Trinajstić information content (AvgIpc) is 3.32. The summed E-state index contributed by atoms with van der Waals surface area (Å²) in [6.07, 6.45) is 3.80. The summed E-state index contributed by atoms with van der Waals surface area (Å²) in [6, 6.07) is 17.4. The van der Waals surface area contributed by atoms with Crippen molar-refractivity contribution in [2.75, 3.05) is 6.54 Å². The molecular weight excluding hydrogens is 326 g/mol. The second-order valence-corrected chi connectivity index (χ2v) is 6.37. The quantitative estimate of drug-likeness (QED) is 0.806. The monoisotopic (exact) mass is 345 g/mol. The van der Waals surface area contributed by atoms with Crippen molar-refractivity contribution in [3.8, 4) is 5.75 Å². The van der Waals surface area contributed by atoms with E-state index in [1.54, 1.807) is 0 Å². The number of hydrogen-bond donors (Lipinski definition) is 1. The molecule has 110 valence electrons. The van der Waals surface area contributed by atoms with Crippen LogP contribution in [0.2, 0.25) is 0 Å². The smallest absolute Gasteiger partial charge is 0.133 e. The van der Waals surface area contributed by atoms with E-state index < -0.39 is 0 Å². The second kappa shape index (κ2) is 7.10. The number of benzene rings is 2. The molecule has 1 N–H and O–H groups in total. The van der Waals surface area contributed by atoms with Crippen LogP contribution >= 0.6 is 15.9 Å². The Hall–Kier alpha value is -1.32. The Balaban J connectivity index is 1.48. The van der Waals surface area contributed by atoms with Crippen molar-refractivity contribution in [1.82, 2.24) is 5.32 Å². The van der Waals surface area contributed by atoms with Crippen LogP contribution in [0.25, 0.3) is 0 Å². The maximum atomic E-state index is 5.82.